The highest BCUT2D eigenvalue weighted by atomic mass is 16.1. The van der Waals surface area contributed by atoms with Gasteiger partial charge in [0.2, 0.25) is 0 Å². The fourth-order valence-electron chi connectivity index (χ4n) is 2.05. The van der Waals surface area contributed by atoms with E-state index >= 15 is 0 Å². The van der Waals surface area contributed by atoms with E-state index in [-0.39, 0.29) is 10.8 Å². The Balaban J connectivity index is 2.29. The number of carbonyl (C=O) groups is 1. The lowest BCUT2D eigenvalue weighted by Gasteiger charge is -2.19. The molecule has 1 saturated carbocycles. The third-order valence-corrected chi connectivity index (χ3v) is 3.34. The summed E-state index contributed by atoms with van der Waals surface area (Å²) in [5.41, 5.74) is 0.109. The van der Waals surface area contributed by atoms with Gasteiger partial charge in [-0.3, -0.25) is 4.79 Å². The molecule has 2 atom stereocenters. The Hall–Kier alpha value is -0.590. The summed E-state index contributed by atoms with van der Waals surface area (Å²) in [4.78, 5) is 11.8. The molecule has 1 fully saturated rings. The highest BCUT2D eigenvalue weighted by Gasteiger charge is 2.55. The first-order valence-corrected chi connectivity index (χ1v) is 4.67. The van der Waals surface area contributed by atoms with Crippen molar-refractivity contribution in [1.29, 1.82) is 0 Å². The molecule has 1 heteroatoms. The maximum Gasteiger partial charge on any atom is 0.140 e. The van der Waals surface area contributed by atoms with Crippen LogP contribution in [0, 0.1) is 16.7 Å². The molecule has 1 nitrogen and oxygen atoms in total. The molecule has 0 radical (unpaired) electrons. The third-order valence-electron chi connectivity index (χ3n) is 3.34. The normalized spacial score (nSPS) is 43.6. The van der Waals surface area contributed by atoms with Gasteiger partial charge < -0.3 is 0 Å². The fourth-order valence-corrected chi connectivity index (χ4v) is 2.05. The predicted octanol–water partition coefficient (Wildman–Crippen LogP) is 2.57. The van der Waals surface area contributed by atoms with E-state index in [2.05, 4.69) is 32.9 Å². The summed E-state index contributed by atoms with van der Waals surface area (Å²) in [6.45, 7) is 6.37. The molecule has 0 saturated heterocycles. The van der Waals surface area contributed by atoms with Crippen LogP contribution in [-0.2, 0) is 4.79 Å². The number of ketones is 1. The predicted molar refractivity (Wildman–Crippen MR) is 48.8 cm³/mol. The molecule has 66 valence electrons. The quantitative estimate of drug-likeness (QED) is 0.503. The van der Waals surface area contributed by atoms with Crippen molar-refractivity contribution in [2.45, 2.75) is 33.6 Å². The molecule has 0 unspecified atom stereocenters. The molecule has 0 aromatic heterocycles. The van der Waals surface area contributed by atoms with Crippen molar-refractivity contribution in [2.75, 3.05) is 0 Å². The second kappa shape index (κ2) is 2.01. The second-order valence-corrected chi connectivity index (χ2v) is 5.18. The Morgan fingerprint density at radius 2 is 2.08 bits per heavy atom. The van der Waals surface area contributed by atoms with Crippen molar-refractivity contribution < 1.29 is 4.79 Å². The van der Waals surface area contributed by atoms with E-state index in [0.29, 0.717) is 11.7 Å². The van der Waals surface area contributed by atoms with Gasteiger partial charge in [0.25, 0.3) is 0 Å². The minimum atomic E-state index is 0.0181. The van der Waals surface area contributed by atoms with Crippen LogP contribution < -0.4 is 0 Å². The average molecular weight is 164 g/mol. The number of hydrogen-bond acceptors (Lipinski definition) is 1. The fraction of sp³-hybridized carbons (Fsp3) is 0.727. The second-order valence-electron chi connectivity index (χ2n) is 5.18. The van der Waals surface area contributed by atoms with E-state index in [1.54, 1.807) is 0 Å². The van der Waals surface area contributed by atoms with Gasteiger partial charge in [-0.1, -0.05) is 32.9 Å². The molecule has 0 N–H and O–H groups in total. The van der Waals surface area contributed by atoms with Crippen LogP contribution in [0.15, 0.2) is 12.2 Å². The first kappa shape index (κ1) is 8.03. The Morgan fingerprint density at radius 3 is 2.75 bits per heavy atom. The van der Waals surface area contributed by atoms with Crippen molar-refractivity contribution in [3.05, 3.63) is 12.2 Å². The summed E-state index contributed by atoms with van der Waals surface area (Å²) in [6, 6.07) is 0. The zero-order valence-corrected chi connectivity index (χ0v) is 8.05. The minimum absolute atomic E-state index is 0.0181. The van der Waals surface area contributed by atoms with Crippen molar-refractivity contribution in [3.8, 4) is 0 Å². The highest BCUT2D eigenvalue weighted by molar-refractivity contribution is 5.89. The molecule has 0 heterocycles. The molecule has 0 spiro atoms. The lowest BCUT2D eigenvalue weighted by molar-refractivity contribution is -0.125. The van der Waals surface area contributed by atoms with Crippen LogP contribution in [0.1, 0.15) is 33.6 Å². The number of allylic oxidation sites excluding steroid dienone is 2. The van der Waals surface area contributed by atoms with Crippen LogP contribution in [0.4, 0.5) is 0 Å². The molecule has 0 amide bonds. The average Bonchev–Trinajstić information content (AvgIpc) is 2.58. The summed E-state index contributed by atoms with van der Waals surface area (Å²) in [6.07, 6.45) is 6.26. The highest BCUT2D eigenvalue weighted by Crippen LogP contribution is 2.57. The van der Waals surface area contributed by atoms with Gasteiger partial charge in [0, 0.05) is 11.8 Å². The lowest BCUT2D eigenvalue weighted by Crippen LogP contribution is -2.19. The SMILES string of the molecule is CC1(C)C=C[C@H]2C[C@@]2(C)C(=O)C1. The molecule has 12 heavy (non-hydrogen) atoms. The molecule has 2 aliphatic rings. The van der Waals surface area contributed by atoms with Crippen LogP contribution in [0.2, 0.25) is 0 Å². The summed E-state index contributed by atoms with van der Waals surface area (Å²) >= 11 is 0. The number of hydrogen-bond donors (Lipinski definition) is 0. The van der Waals surface area contributed by atoms with Crippen LogP contribution >= 0.6 is 0 Å². The van der Waals surface area contributed by atoms with E-state index in [4.69, 9.17) is 0 Å². The Bertz CT molecular complexity index is 262. The number of Topliss-reactive ketones (excluding diaryl/α,β-unsaturated/α-hetero) is 1. The molecule has 0 aliphatic heterocycles. The zero-order chi connectivity index (χ0) is 8.98. The van der Waals surface area contributed by atoms with E-state index in [9.17, 15) is 4.79 Å². The molecule has 0 aromatic rings. The number of rotatable bonds is 0. The minimum Gasteiger partial charge on any atom is -0.299 e. The van der Waals surface area contributed by atoms with Crippen LogP contribution in [0.5, 0.6) is 0 Å². The molecular weight excluding hydrogens is 148 g/mol. The monoisotopic (exact) mass is 164 g/mol. The van der Waals surface area contributed by atoms with Crippen molar-refractivity contribution in [3.63, 3.8) is 0 Å². The molecule has 2 aliphatic carbocycles. The first-order valence-electron chi connectivity index (χ1n) is 4.67. The topological polar surface area (TPSA) is 17.1 Å². The molecule has 0 aromatic carbocycles. The van der Waals surface area contributed by atoms with Gasteiger partial charge in [0.05, 0.1) is 0 Å². The van der Waals surface area contributed by atoms with E-state index in [1.165, 1.54) is 0 Å². The standard InChI is InChI=1S/C11H16O/c1-10(2)5-4-8-6-11(8,3)9(12)7-10/h4-5,8H,6-7H2,1-3H3/t8-,11+/m0/s1. The van der Waals surface area contributed by atoms with Gasteiger partial charge in [-0.25, -0.2) is 0 Å². The van der Waals surface area contributed by atoms with E-state index < -0.39 is 0 Å². The Labute approximate surface area is 73.8 Å². The summed E-state index contributed by atoms with van der Waals surface area (Å²) in [5, 5.41) is 0. The van der Waals surface area contributed by atoms with Crippen LogP contribution in [0.25, 0.3) is 0 Å². The maximum atomic E-state index is 11.8. The summed E-state index contributed by atoms with van der Waals surface area (Å²) < 4.78 is 0. The van der Waals surface area contributed by atoms with Gasteiger partial charge in [-0.2, -0.15) is 0 Å². The summed E-state index contributed by atoms with van der Waals surface area (Å²) in [7, 11) is 0. The number of carbonyl (C=O) groups excluding carboxylic acids is 1. The van der Waals surface area contributed by atoms with E-state index in [1.807, 2.05) is 0 Å². The van der Waals surface area contributed by atoms with E-state index in [0.717, 1.165) is 12.8 Å². The maximum absolute atomic E-state index is 11.8. The Morgan fingerprint density at radius 1 is 1.42 bits per heavy atom. The van der Waals surface area contributed by atoms with Crippen LogP contribution in [-0.4, -0.2) is 5.78 Å². The van der Waals surface area contributed by atoms with Crippen molar-refractivity contribution in [1.82, 2.24) is 0 Å². The summed E-state index contributed by atoms with van der Waals surface area (Å²) in [5.74, 6) is 1.01. The van der Waals surface area contributed by atoms with Gasteiger partial charge in [0.1, 0.15) is 5.78 Å². The van der Waals surface area contributed by atoms with Gasteiger partial charge in [-0.05, 0) is 17.8 Å². The first-order chi connectivity index (χ1) is 5.44. The van der Waals surface area contributed by atoms with Crippen LogP contribution in [0.3, 0.4) is 0 Å². The Kier molecular flexibility index (Phi) is 1.35. The third kappa shape index (κ3) is 1.03. The molecular formula is C11H16O. The van der Waals surface area contributed by atoms with Gasteiger partial charge in [0.15, 0.2) is 0 Å². The largest absolute Gasteiger partial charge is 0.299 e. The number of fused-ring (bicyclic) bond motifs is 1. The molecule has 0 bridgehead atoms. The van der Waals surface area contributed by atoms with Crippen molar-refractivity contribution in [2.24, 2.45) is 16.7 Å². The van der Waals surface area contributed by atoms with Crippen molar-refractivity contribution >= 4 is 5.78 Å². The smallest absolute Gasteiger partial charge is 0.140 e. The zero-order valence-electron chi connectivity index (χ0n) is 8.05. The molecule has 2 rings (SSSR count). The van der Waals surface area contributed by atoms with Gasteiger partial charge in [-0.15, -0.1) is 0 Å². The lowest BCUT2D eigenvalue weighted by atomic mass is 9.84. The van der Waals surface area contributed by atoms with Gasteiger partial charge >= 0.3 is 0 Å².